The predicted molar refractivity (Wildman–Crippen MR) is 73.4 cm³/mol. The van der Waals surface area contributed by atoms with Gasteiger partial charge in [0.2, 0.25) is 5.95 Å². The molecule has 100 valence electrons. The number of benzene rings is 1. The van der Waals surface area contributed by atoms with Crippen molar-refractivity contribution in [3.63, 3.8) is 0 Å². The zero-order chi connectivity index (χ0) is 13.5. The molecule has 0 aliphatic heterocycles. The summed E-state index contributed by atoms with van der Waals surface area (Å²) in [4.78, 5) is 8.55. The van der Waals surface area contributed by atoms with Crippen molar-refractivity contribution in [1.82, 2.24) is 9.97 Å². The Morgan fingerprint density at radius 3 is 2.68 bits per heavy atom. The third kappa shape index (κ3) is 4.30. The molecule has 0 aliphatic rings. The van der Waals surface area contributed by atoms with Crippen molar-refractivity contribution in [2.45, 2.75) is 12.8 Å². The molecule has 0 bridgehead atoms. The second kappa shape index (κ2) is 6.80. The number of rotatable bonds is 6. The summed E-state index contributed by atoms with van der Waals surface area (Å²) in [7, 11) is 0. The molecule has 3 N–H and O–H groups in total. The average Bonchev–Trinajstić information content (AvgIpc) is 2.42. The van der Waals surface area contributed by atoms with E-state index in [0.29, 0.717) is 18.9 Å². The van der Waals surface area contributed by atoms with Gasteiger partial charge in [0.15, 0.2) is 0 Å². The fourth-order valence-electron chi connectivity index (χ4n) is 1.69. The number of hydrogen-bond donors (Lipinski definition) is 2. The molecule has 5 heteroatoms. The molecule has 0 aliphatic carbocycles. The first kappa shape index (κ1) is 13.4. The first-order chi connectivity index (χ1) is 9.28. The first-order valence-electron chi connectivity index (χ1n) is 6.28. The van der Waals surface area contributed by atoms with E-state index < -0.39 is 0 Å². The molecule has 0 spiro atoms. The van der Waals surface area contributed by atoms with Crippen LogP contribution in [0.25, 0.3) is 0 Å². The number of halogens is 1. The van der Waals surface area contributed by atoms with Gasteiger partial charge in [0, 0.05) is 19.2 Å². The molecule has 2 aromatic rings. The standard InChI is InChI=1S/C14H17FN4/c15-12-4-2-11(3-5-12)10-13-6-9-18-14(19-13)17-8-1-7-16/h2-6,9H,1,7-8,10,16H2,(H,17,18,19). The molecule has 1 aromatic carbocycles. The highest BCUT2D eigenvalue weighted by atomic mass is 19.1. The number of anilines is 1. The van der Waals surface area contributed by atoms with Crippen LogP contribution in [0.1, 0.15) is 17.7 Å². The predicted octanol–water partition coefficient (Wildman–Crippen LogP) is 1.97. The lowest BCUT2D eigenvalue weighted by Gasteiger charge is -2.06. The third-order valence-electron chi connectivity index (χ3n) is 2.68. The van der Waals surface area contributed by atoms with E-state index in [0.717, 1.165) is 24.2 Å². The van der Waals surface area contributed by atoms with Crippen LogP contribution in [0.2, 0.25) is 0 Å². The Kier molecular flexibility index (Phi) is 4.80. The van der Waals surface area contributed by atoms with Gasteiger partial charge in [-0.2, -0.15) is 0 Å². The summed E-state index contributed by atoms with van der Waals surface area (Å²) < 4.78 is 12.8. The summed E-state index contributed by atoms with van der Waals surface area (Å²) in [5.41, 5.74) is 7.35. The molecule has 0 saturated heterocycles. The van der Waals surface area contributed by atoms with Crippen molar-refractivity contribution in [3.05, 3.63) is 53.6 Å². The van der Waals surface area contributed by atoms with Gasteiger partial charge in [0.25, 0.3) is 0 Å². The van der Waals surface area contributed by atoms with Gasteiger partial charge >= 0.3 is 0 Å². The molecule has 0 unspecified atom stereocenters. The number of hydrogen-bond acceptors (Lipinski definition) is 4. The minimum atomic E-state index is -0.226. The summed E-state index contributed by atoms with van der Waals surface area (Å²) in [6.07, 6.45) is 3.26. The number of aromatic nitrogens is 2. The molecular formula is C14H17FN4. The minimum absolute atomic E-state index is 0.226. The van der Waals surface area contributed by atoms with Crippen LogP contribution in [0.4, 0.5) is 10.3 Å². The molecule has 0 radical (unpaired) electrons. The fraction of sp³-hybridized carbons (Fsp3) is 0.286. The second-order valence-electron chi connectivity index (χ2n) is 4.24. The SMILES string of the molecule is NCCCNc1nccc(Cc2ccc(F)cc2)n1. The van der Waals surface area contributed by atoms with E-state index >= 15 is 0 Å². The Bertz CT molecular complexity index is 513. The van der Waals surface area contributed by atoms with Gasteiger partial charge in [-0.05, 0) is 36.7 Å². The van der Waals surface area contributed by atoms with Crippen LogP contribution in [0, 0.1) is 5.82 Å². The van der Waals surface area contributed by atoms with Crippen LogP contribution < -0.4 is 11.1 Å². The maximum absolute atomic E-state index is 12.8. The van der Waals surface area contributed by atoms with E-state index in [1.54, 1.807) is 18.3 Å². The van der Waals surface area contributed by atoms with Gasteiger partial charge < -0.3 is 11.1 Å². The van der Waals surface area contributed by atoms with Crippen molar-refractivity contribution >= 4 is 5.95 Å². The van der Waals surface area contributed by atoms with E-state index in [1.165, 1.54) is 12.1 Å². The summed E-state index contributed by atoms with van der Waals surface area (Å²) in [5, 5.41) is 3.12. The third-order valence-corrected chi connectivity index (χ3v) is 2.68. The van der Waals surface area contributed by atoms with Gasteiger partial charge in [-0.15, -0.1) is 0 Å². The van der Waals surface area contributed by atoms with Crippen LogP contribution in [0.5, 0.6) is 0 Å². The van der Waals surface area contributed by atoms with E-state index in [-0.39, 0.29) is 5.82 Å². The molecule has 2 rings (SSSR count). The molecule has 1 aromatic heterocycles. The zero-order valence-corrected chi connectivity index (χ0v) is 10.6. The Morgan fingerprint density at radius 2 is 1.95 bits per heavy atom. The lowest BCUT2D eigenvalue weighted by atomic mass is 10.1. The maximum Gasteiger partial charge on any atom is 0.222 e. The van der Waals surface area contributed by atoms with Crippen LogP contribution in [0.15, 0.2) is 36.5 Å². The van der Waals surface area contributed by atoms with E-state index in [1.807, 2.05) is 6.07 Å². The molecule has 1 heterocycles. The minimum Gasteiger partial charge on any atom is -0.354 e. The normalized spacial score (nSPS) is 10.4. The quantitative estimate of drug-likeness (QED) is 0.779. The topological polar surface area (TPSA) is 63.8 Å². The molecule has 0 amide bonds. The van der Waals surface area contributed by atoms with E-state index in [2.05, 4.69) is 15.3 Å². The van der Waals surface area contributed by atoms with Gasteiger partial charge in [-0.25, -0.2) is 14.4 Å². The van der Waals surface area contributed by atoms with Crippen LogP contribution in [-0.2, 0) is 6.42 Å². The highest BCUT2D eigenvalue weighted by molar-refractivity contribution is 5.28. The largest absolute Gasteiger partial charge is 0.354 e. The van der Waals surface area contributed by atoms with Gasteiger partial charge in [-0.1, -0.05) is 12.1 Å². The molecule has 0 atom stereocenters. The fourth-order valence-corrected chi connectivity index (χ4v) is 1.69. The zero-order valence-electron chi connectivity index (χ0n) is 10.6. The molecule has 19 heavy (non-hydrogen) atoms. The van der Waals surface area contributed by atoms with Gasteiger partial charge in [-0.3, -0.25) is 0 Å². The maximum atomic E-state index is 12.8. The van der Waals surface area contributed by atoms with Crippen molar-refractivity contribution in [3.8, 4) is 0 Å². The Labute approximate surface area is 111 Å². The molecule has 0 saturated carbocycles. The molecular weight excluding hydrogens is 243 g/mol. The summed E-state index contributed by atoms with van der Waals surface area (Å²) in [5.74, 6) is 0.378. The van der Waals surface area contributed by atoms with Gasteiger partial charge in [0.05, 0.1) is 5.69 Å². The Morgan fingerprint density at radius 1 is 1.16 bits per heavy atom. The Balaban J connectivity index is 2.00. The Hall–Kier alpha value is -2.01. The lowest BCUT2D eigenvalue weighted by molar-refractivity contribution is 0.627. The highest BCUT2D eigenvalue weighted by Gasteiger charge is 2.01. The van der Waals surface area contributed by atoms with Crippen molar-refractivity contribution < 1.29 is 4.39 Å². The lowest BCUT2D eigenvalue weighted by Crippen LogP contribution is -2.11. The van der Waals surface area contributed by atoms with Crippen LogP contribution in [-0.4, -0.2) is 23.1 Å². The first-order valence-corrected chi connectivity index (χ1v) is 6.28. The number of nitrogens with one attached hydrogen (secondary N) is 1. The summed E-state index contributed by atoms with van der Waals surface area (Å²) >= 11 is 0. The summed E-state index contributed by atoms with van der Waals surface area (Å²) in [6, 6.07) is 8.29. The van der Waals surface area contributed by atoms with Crippen molar-refractivity contribution in [2.75, 3.05) is 18.4 Å². The van der Waals surface area contributed by atoms with E-state index in [4.69, 9.17) is 5.73 Å². The highest BCUT2D eigenvalue weighted by Crippen LogP contribution is 2.09. The number of nitrogens with two attached hydrogens (primary N) is 1. The smallest absolute Gasteiger partial charge is 0.222 e. The number of nitrogens with zero attached hydrogens (tertiary/aromatic N) is 2. The molecule has 4 nitrogen and oxygen atoms in total. The van der Waals surface area contributed by atoms with Crippen LogP contribution >= 0.6 is 0 Å². The monoisotopic (exact) mass is 260 g/mol. The van der Waals surface area contributed by atoms with Gasteiger partial charge in [0.1, 0.15) is 5.82 Å². The van der Waals surface area contributed by atoms with Crippen molar-refractivity contribution in [2.24, 2.45) is 5.73 Å². The van der Waals surface area contributed by atoms with E-state index in [9.17, 15) is 4.39 Å². The van der Waals surface area contributed by atoms with Crippen molar-refractivity contribution in [1.29, 1.82) is 0 Å². The second-order valence-corrected chi connectivity index (χ2v) is 4.24. The molecule has 0 fully saturated rings. The van der Waals surface area contributed by atoms with Crippen LogP contribution in [0.3, 0.4) is 0 Å². The average molecular weight is 260 g/mol. The summed E-state index contributed by atoms with van der Waals surface area (Å²) in [6.45, 7) is 1.40.